The van der Waals surface area contributed by atoms with Gasteiger partial charge in [-0.3, -0.25) is 0 Å². The lowest BCUT2D eigenvalue weighted by atomic mass is 9.69. The number of benzene rings is 1. The molecule has 8 heteroatoms. The van der Waals surface area contributed by atoms with E-state index in [2.05, 4.69) is 9.80 Å². The molecule has 4 aliphatic rings. The Morgan fingerprint density at radius 1 is 1.09 bits per heavy atom. The Morgan fingerprint density at radius 3 is 2.47 bits per heavy atom. The number of methoxy groups -OCH3 is 1. The first-order chi connectivity index (χ1) is 16.3. The lowest BCUT2D eigenvalue weighted by Crippen LogP contribution is -2.56. The molecule has 0 aromatic heterocycles. The van der Waals surface area contributed by atoms with Crippen molar-refractivity contribution in [3.05, 3.63) is 45.7 Å². The molecule has 0 aliphatic carbocycles. The van der Waals surface area contributed by atoms with Gasteiger partial charge in [0.2, 0.25) is 0 Å². The second kappa shape index (κ2) is 8.98. The van der Waals surface area contributed by atoms with Gasteiger partial charge in [0.05, 0.1) is 29.0 Å². The van der Waals surface area contributed by atoms with Crippen LogP contribution in [0.4, 0.5) is 0 Å². The Kier molecular flexibility index (Phi) is 6.16. The zero-order chi connectivity index (χ0) is 24.0. The van der Waals surface area contributed by atoms with Crippen LogP contribution in [0.15, 0.2) is 23.4 Å². The molecule has 1 spiro atoms. The van der Waals surface area contributed by atoms with Crippen LogP contribution in [0.3, 0.4) is 0 Å². The van der Waals surface area contributed by atoms with Crippen LogP contribution >= 0.6 is 0 Å². The molecule has 5 rings (SSSR count). The van der Waals surface area contributed by atoms with Crippen LogP contribution in [-0.4, -0.2) is 79.4 Å². The number of rotatable bonds is 5. The second-order valence-corrected chi connectivity index (χ2v) is 10.1. The lowest BCUT2D eigenvalue weighted by molar-refractivity contribution is -0.136. The fourth-order valence-corrected chi connectivity index (χ4v) is 6.19. The maximum Gasteiger partial charge on any atom is 0.338 e. The quantitative estimate of drug-likeness (QED) is 0.656. The highest BCUT2D eigenvalue weighted by atomic mass is 16.5. The molecule has 0 saturated carbocycles. The largest absolute Gasteiger partial charge is 0.457 e. The Balaban J connectivity index is 1.21. The number of aliphatic hydroxyl groups excluding tert-OH is 1. The average molecular weight is 471 g/mol. The summed E-state index contributed by atoms with van der Waals surface area (Å²) in [7, 11) is 1.79. The number of nitrogens with zero attached hydrogens (tertiary/aromatic N) is 2. The van der Waals surface area contributed by atoms with E-state index in [4.69, 9.17) is 14.2 Å². The standard InChI is InChI=1S/C26H34N2O6/c1-16-18(4-5-19-20(16)14-33-25(19)31)22(29)12-27-9-6-26(7-10-27)8-11-28(13-23(26)32-3)21-15-34-24(30)17(21)2/h4-5,22-23,29H,6-15H2,1-3H3/t22?,23-/m0/s1. The minimum Gasteiger partial charge on any atom is -0.457 e. The second-order valence-electron chi connectivity index (χ2n) is 10.1. The third kappa shape index (κ3) is 3.91. The summed E-state index contributed by atoms with van der Waals surface area (Å²) in [6, 6.07) is 3.64. The number of β-amino-alcohol motifs (C(OH)–C–C–N with tert-alkyl or cyclic N) is 1. The van der Waals surface area contributed by atoms with E-state index in [1.54, 1.807) is 13.2 Å². The summed E-state index contributed by atoms with van der Waals surface area (Å²) in [5.41, 5.74) is 5.17. The summed E-state index contributed by atoms with van der Waals surface area (Å²) in [4.78, 5) is 28.2. The van der Waals surface area contributed by atoms with Crippen molar-refractivity contribution in [3.63, 3.8) is 0 Å². The summed E-state index contributed by atoms with van der Waals surface area (Å²) in [5, 5.41) is 11.0. The van der Waals surface area contributed by atoms with Gasteiger partial charge in [-0.05, 0) is 63.4 Å². The molecule has 4 aliphatic heterocycles. The van der Waals surface area contributed by atoms with Gasteiger partial charge in [0.1, 0.15) is 13.2 Å². The predicted molar refractivity (Wildman–Crippen MR) is 124 cm³/mol. The van der Waals surface area contributed by atoms with E-state index in [0.29, 0.717) is 30.9 Å². The SMILES string of the molecule is CO[C@H]1CN(C2=C(C)C(=O)OC2)CCC12CCN(CC(O)c1ccc3c(c1C)COC3=O)CC2. The van der Waals surface area contributed by atoms with E-state index >= 15 is 0 Å². The maximum atomic E-state index is 11.8. The number of cyclic esters (lactones) is 2. The van der Waals surface area contributed by atoms with Crippen molar-refractivity contribution in [2.24, 2.45) is 5.41 Å². The van der Waals surface area contributed by atoms with Crippen LogP contribution in [0.2, 0.25) is 0 Å². The zero-order valence-corrected chi connectivity index (χ0v) is 20.3. The van der Waals surface area contributed by atoms with Crippen molar-refractivity contribution in [2.75, 3.05) is 46.4 Å². The normalized spacial score (nSPS) is 25.5. The molecule has 4 heterocycles. The first-order valence-electron chi connectivity index (χ1n) is 12.2. The predicted octanol–water partition coefficient (Wildman–Crippen LogP) is 2.33. The average Bonchev–Trinajstić information content (AvgIpc) is 3.38. The number of carbonyl (C=O) groups is 2. The molecule has 184 valence electrons. The van der Waals surface area contributed by atoms with Gasteiger partial charge in [-0.25, -0.2) is 9.59 Å². The van der Waals surface area contributed by atoms with Gasteiger partial charge in [0, 0.05) is 37.7 Å². The number of hydrogen-bond acceptors (Lipinski definition) is 8. The molecule has 2 atom stereocenters. The summed E-state index contributed by atoms with van der Waals surface area (Å²) < 4.78 is 16.4. The summed E-state index contributed by atoms with van der Waals surface area (Å²) >= 11 is 0. The number of ether oxygens (including phenoxy) is 3. The fraction of sp³-hybridized carbons (Fsp3) is 0.615. The smallest absolute Gasteiger partial charge is 0.338 e. The summed E-state index contributed by atoms with van der Waals surface area (Å²) in [5.74, 6) is -0.494. The number of likely N-dealkylation sites (tertiary alicyclic amines) is 2. The van der Waals surface area contributed by atoms with Crippen molar-refractivity contribution >= 4 is 11.9 Å². The highest BCUT2D eigenvalue weighted by Crippen LogP contribution is 2.44. The number of fused-ring (bicyclic) bond motifs is 1. The molecule has 8 nitrogen and oxygen atoms in total. The summed E-state index contributed by atoms with van der Waals surface area (Å²) in [6.45, 7) is 8.52. The molecular weight excluding hydrogens is 436 g/mol. The van der Waals surface area contributed by atoms with Crippen LogP contribution in [0.25, 0.3) is 0 Å². The first kappa shape index (κ1) is 23.3. The van der Waals surface area contributed by atoms with Gasteiger partial charge in [0.25, 0.3) is 0 Å². The number of piperidine rings is 2. The van der Waals surface area contributed by atoms with Crippen LogP contribution in [0, 0.1) is 12.3 Å². The van der Waals surface area contributed by atoms with Crippen molar-refractivity contribution in [1.82, 2.24) is 9.80 Å². The number of hydrogen-bond donors (Lipinski definition) is 1. The van der Waals surface area contributed by atoms with E-state index in [-0.39, 0.29) is 23.5 Å². The van der Waals surface area contributed by atoms with E-state index in [1.165, 1.54) is 0 Å². The minimum absolute atomic E-state index is 0.0980. The van der Waals surface area contributed by atoms with Gasteiger partial charge in [0.15, 0.2) is 0 Å². The number of aliphatic hydroxyl groups is 1. The van der Waals surface area contributed by atoms with Crippen molar-refractivity contribution in [2.45, 2.75) is 51.9 Å². The van der Waals surface area contributed by atoms with E-state index in [9.17, 15) is 14.7 Å². The van der Waals surface area contributed by atoms with Crippen LogP contribution in [0.1, 0.15) is 59.3 Å². The Hall–Kier alpha value is -2.42. The molecule has 1 aromatic rings. The molecular formula is C26H34N2O6. The Bertz CT molecular complexity index is 1030. The zero-order valence-electron chi connectivity index (χ0n) is 20.3. The molecule has 34 heavy (non-hydrogen) atoms. The highest BCUT2D eigenvalue weighted by molar-refractivity contribution is 5.94. The van der Waals surface area contributed by atoms with Gasteiger partial charge in [-0.2, -0.15) is 0 Å². The monoisotopic (exact) mass is 470 g/mol. The van der Waals surface area contributed by atoms with Crippen LogP contribution < -0.4 is 0 Å². The molecule has 0 bridgehead atoms. The maximum absolute atomic E-state index is 11.8. The fourth-order valence-electron chi connectivity index (χ4n) is 6.19. The van der Waals surface area contributed by atoms with Crippen LogP contribution in [0.5, 0.6) is 0 Å². The first-order valence-corrected chi connectivity index (χ1v) is 12.2. The van der Waals surface area contributed by atoms with E-state index in [1.807, 2.05) is 19.9 Å². The molecule has 2 saturated heterocycles. The lowest BCUT2D eigenvalue weighted by Gasteiger charge is -2.51. The molecule has 1 aromatic carbocycles. The van der Waals surface area contributed by atoms with Gasteiger partial charge < -0.3 is 29.1 Å². The Morgan fingerprint density at radius 2 is 1.79 bits per heavy atom. The highest BCUT2D eigenvalue weighted by Gasteiger charge is 2.46. The molecule has 1 N–H and O–H groups in total. The Labute approximate surface area is 200 Å². The van der Waals surface area contributed by atoms with Crippen molar-refractivity contribution in [3.8, 4) is 0 Å². The van der Waals surface area contributed by atoms with Gasteiger partial charge in [-0.1, -0.05) is 6.07 Å². The molecule has 0 amide bonds. The topological polar surface area (TPSA) is 88.5 Å². The van der Waals surface area contributed by atoms with Gasteiger partial charge in [-0.15, -0.1) is 0 Å². The summed E-state index contributed by atoms with van der Waals surface area (Å²) in [6.07, 6.45) is 2.55. The van der Waals surface area contributed by atoms with Crippen molar-refractivity contribution < 1.29 is 28.9 Å². The van der Waals surface area contributed by atoms with E-state index in [0.717, 1.165) is 67.8 Å². The molecule has 0 radical (unpaired) electrons. The minimum atomic E-state index is -0.607. The van der Waals surface area contributed by atoms with Crippen molar-refractivity contribution in [1.29, 1.82) is 0 Å². The number of esters is 2. The van der Waals surface area contributed by atoms with E-state index < -0.39 is 6.10 Å². The number of carbonyl (C=O) groups excluding carboxylic acids is 2. The third-order valence-corrected chi connectivity index (χ3v) is 8.54. The molecule has 1 unspecified atom stereocenters. The molecule has 2 fully saturated rings. The third-order valence-electron chi connectivity index (χ3n) is 8.54. The van der Waals surface area contributed by atoms with Gasteiger partial charge >= 0.3 is 11.9 Å². The van der Waals surface area contributed by atoms with Crippen LogP contribution in [-0.2, 0) is 25.6 Å².